The van der Waals surface area contributed by atoms with Gasteiger partial charge in [-0.15, -0.1) is 0 Å². The minimum Gasteiger partial charge on any atom is -0.339 e. The highest BCUT2D eigenvalue weighted by Gasteiger charge is 2.33. The highest BCUT2D eigenvalue weighted by atomic mass is 19.1. The van der Waals surface area contributed by atoms with Crippen molar-refractivity contribution in [2.75, 3.05) is 44.2 Å². The lowest BCUT2D eigenvalue weighted by Gasteiger charge is -2.39. The van der Waals surface area contributed by atoms with E-state index in [1.165, 1.54) is 24.3 Å². The molecule has 0 aliphatic carbocycles. The van der Waals surface area contributed by atoms with Crippen LogP contribution in [0.2, 0.25) is 0 Å². The van der Waals surface area contributed by atoms with Gasteiger partial charge in [-0.3, -0.25) is 9.59 Å². The Kier molecular flexibility index (Phi) is 6.20. The molecule has 2 aliphatic heterocycles. The van der Waals surface area contributed by atoms with E-state index in [2.05, 4.69) is 20.4 Å². The molecule has 2 aliphatic rings. The molecule has 0 bridgehead atoms. The van der Waals surface area contributed by atoms with Crippen LogP contribution in [0.25, 0.3) is 5.69 Å². The summed E-state index contributed by atoms with van der Waals surface area (Å²) in [4.78, 5) is 31.8. The molecule has 1 atom stereocenters. The van der Waals surface area contributed by atoms with Crippen molar-refractivity contribution < 1.29 is 14.0 Å². The van der Waals surface area contributed by atoms with Crippen LogP contribution in [0.1, 0.15) is 23.2 Å². The molecule has 3 aromatic rings. The first-order valence-electron chi connectivity index (χ1n) is 11.5. The third-order valence-corrected chi connectivity index (χ3v) is 6.48. The fourth-order valence-corrected chi connectivity index (χ4v) is 4.64. The van der Waals surface area contributed by atoms with Gasteiger partial charge in [0.2, 0.25) is 11.9 Å². The molecule has 176 valence electrons. The maximum absolute atomic E-state index is 13.3. The van der Waals surface area contributed by atoms with Crippen molar-refractivity contribution in [3.05, 3.63) is 66.0 Å². The highest BCUT2D eigenvalue weighted by molar-refractivity contribution is 5.94. The second-order valence-corrected chi connectivity index (χ2v) is 8.64. The number of hydrogen-bond acceptors (Lipinski definition) is 6. The Morgan fingerprint density at radius 1 is 0.882 bits per heavy atom. The molecule has 2 saturated heterocycles. The number of aromatic nitrogens is 4. The van der Waals surface area contributed by atoms with E-state index >= 15 is 0 Å². The molecule has 0 saturated carbocycles. The number of hydrogen-bond donors (Lipinski definition) is 0. The van der Waals surface area contributed by atoms with Gasteiger partial charge in [0, 0.05) is 44.8 Å². The quantitative estimate of drug-likeness (QED) is 0.588. The van der Waals surface area contributed by atoms with Crippen molar-refractivity contribution in [1.29, 1.82) is 0 Å². The maximum Gasteiger partial charge on any atom is 0.253 e. The van der Waals surface area contributed by atoms with Gasteiger partial charge >= 0.3 is 0 Å². The first kappa shape index (κ1) is 22.0. The fourth-order valence-electron chi connectivity index (χ4n) is 4.64. The van der Waals surface area contributed by atoms with Crippen molar-refractivity contribution in [3.63, 3.8) is 0 Å². The third kappa shape index (κ3) is 4.48. The van der Waals surface area contributed by atoms with E-state index in [1.807, 2.05) is 35.2 Å². The van der Waals surface area contributed by atoms with Crippen LogP contribution in [0.15, 0.2) is 54.6 Å². The topological polar surface area (TPSA) is 87.5 Å². The van der Waals surface area contributed by atoms with E-state index in [1.54, 1.807) is 9.58 Å². The predicted octanol–water partition coefficient (Wildman–Crippen LogP) is 2.00. The SMILES string of the molecule is O=C(c1ccc(F)cc1)N1CCCC(C(=O)N2CCN(c3nnnn3-c3ccccc3)CC2)C1. The van der Waals surface area contributed by atoms with Crippen molar-refractivity contribution in [1.82, 2.24) is 30.0 Å². The van der Waals surface area contributed by atoms with Crippen LogP contribution in [0, 0.1) is 11.7 Å². The number of piperidine rings is 1. The number of nitrogens with zero attached hydrogens (tertiary/aromatic N) is 7. The molecule has 2 aromatic carbocycles. The number of likely N-dealkylation sites (tertiary alicyclic amines) is 1. The Morgan fingerprint density at radius 2 is 1.62 bits per heavy atom. The summed E-state index contributed by atoms with van der Waals surface area (Å²) < 4.78 is 14.9. The van der Waals surface area contributed by atoms with Gasteiger partial charge in [-0.25, -0.2) is 4.39 Å². The minimum atomic E-state index is -0.375. The average Bonchev–Trinajstić information content (AvgIpc) is 3.39. The van der Waals surface area contributed by atoms with Crippen molar-refractivity contribution in [2.45, 2.75) is 12.8 Å². The number of amides is 2. The summed E-state index contributed by atoms with van der Waals surface area (Å²) in [6.07, 6.45) is 1.54. The van der Waals surface area contributed by atoms with Gasteiger partial charge in [-0.05, 0) is 59.7 Å². The first-order chi connectivity index (χ1) is 16.6. The molecule has 5 rings (SSSR count). The average molecular weight is 464 g/mol. The monoisotopic (exact) mass is 463 g/mol. The number of piperazine rings is 1. The van der Waals surface area contributed by atoms with Gasteiger partial charge in [0.05, 0.1) is 11.6 Å². The normalized spacial score (nSPS) is 18.7. The number of benzene rings is 2. The molecule has 0 spiro atoms. The second kappa shape index (κ2) is 9.58. The molecule has 9 nitrogen and oxygen atoms in total. The summed E-state index contributed by atoms with van der Waals surface area (Å²) >= 11 is 0. The van der Waals surface area contributed by atoms with Gasteiger partial charge in [0.1, 0.15) is 5.82 Å². The second-order valence-electron chi connectivity index (χ2n) is 8.64. The van der Waals surface area contributed by atoms with E-state index in [9.17, 15) is 14.0 Å². The van der Waals surface area contributed by atoms with Crippen LogP contribution in [0.4, 0.5) is 10.3 Å². The molecule has 34 heavy (non-hydrogen) atoms. The van der Waals surface area contributed by atoms with E-state index in [0.717, 1.165) is 18.5 Å². The maximum atomic E-state index is 13.3. The minimum absolute atomic E-state index is 0.0823. The Morgan fingerprint density at radius 3 is 2.35 bits per heavy atom. The Labute approximate surface area is 196 Å². The van der Waals surface area contributed by atoms with Crippen LogP contribution in [-0.4, -0.2) is 81.1 Å². The Balaban J connectivity index is 1.20. The van der Waals surface area contributed by atoms with Crippen LogP contribution < -0.4 is 4.90 Å². The number of tetrazole rings is 1. The highest BCUT2D eigenvalue weighted by Crippen LogP contribution is 2.23. The van der Waals surface area contributed by atoms with Crippen LogP contribution in [0.5, 0.6) is 0 Å². The van der Waals surface area contributed by atoms with Crippen molar-refractivity contribution in [2.24, 2.45) is 5.92 Å². The number of carbonyl (C=O) groups is 2. The summed E-state index contributed by atoms with van der Waals surface area (Å²) in [5.41, 5.74) is 1.33. The zero-order valence-electron chi connectivity index (χ0n) is 18.8. The molecule has 2 amide bonds. The van der Waals surface area contributed by atoms with E-state index < -0.39 is 0 Å². The first-order valence-corrected chi connectivity index (χ1v) is 11.5. The lowest BCUT2D eigenvalue weighted by molar-refractivity contribution is -0.137. The fraction of sp³-hybridized carbons (Fsp3) is 0.375. The summed E-state index contributed by atoms with van der Waals surface area (Å²) in [7, 11) is 0. The van der Waals surface area contributed by atoms with Crippen LogP contribution in [-0.2, 0) is 4.79 Å². The summed E-state index contributed by atoms with van der Waals surface area (Å²) in [6, 6.07) is 15.3. The smallest absolute Gasteiger partial charge is 0.253 e. The molecule has 1 aromatic heterocycles. The zero-order valence-corrected chi connectivity index (χ0v) is 18.8. The number of halogens is 1. The molecule has 10 heteroatoms. The molecule has 0 N–H and O–H groups in total. The number of para-hydroxylation sites is 1. The third-order valence-electron chi connectivity index (χ3n) is 6.48. The molecular weight excluding hydrogens is 437 g/mol. The van der Waals surface area contributed by atoms with Gasteiger partial charge < -0.3 is 14.7 Å². The summed E-state index contributed by atoms with van der Waals surface area (Å²) in [6.45, 7) is 3.40. The largest absolute Gasteiger partial charge is 0.339 e. The Hall–Kier alpha value is -3.82. The van der Waals surface area contributed by atoms with E-state index in [0.29, 0.717) is 50.8 Å². The predicted molar refractivity (Wildman–Crippen MR) is 123 cm³/mol. The lowest BCUT2D eigenvalue weighted by atomic mass is 9.95. The molecule has 1 unspecified atom stereocenters. The molecule has 3 heterocycles. The Bertz CT molecular complexity index is 1140. The van der Waals surface area contributed by atoms with E-state index in [4.69, 9.17) is 0 Å². The van der Waals surface area contributed by atoms with Gasteiger partial charge in [0.25, 0.3) is 5.91 Å². The van der Waals surface area contributed by atoms with Gasteiger partial charge in [0.15, 0.2) is 0 Å². The number of rotatable bonds is 4. The van der Waals surface area contributed by atoms with Gasteiger partial charge in [-0.1, -0.05) is 23.3 Å². The van der Waals surface area contributed by atoms with Crippen molar-refractivity contribution >= 4 is 17.8 Å². The number of carbonyl (C=O) groups excluding carboxylic acids is 2. The van der Waals surface area contributed by atoms with Crippen molar-refractivity contribution in [3.8, 4) is 5.69 Å². The van der Waals surface area contributed by atoms with Gasteiger partial charge in [-0.2, -0.15) is 4.68 Å². The standard InChI is InChI=1S/C24H26FN7O2/c25-20-10-8-18(9-11-20)22(33)31-12-4-5-19(17-31)23(34)29-13-15-30(16-14-29)24-26-27-28-32(24)21-6-2-1-3-7-21/h1-3,6-11,19H,4-5,12-17H2. The van der Waals surface area contributed by atoms with Crippen LogP contribution in [0.3, 0.4) is 0 Å². The zero-order chi connectivity index (χ0) is 23.5. The molecular formula is C24H26FN7O2. The summed E-state index contributed by atoms with van der Waals surface area (Å²) in [5, 5.41) is 12.2. The summed E-state index contributed by atoms with van der Waals surface area (Å²) in [5.74, 6) is -0.0134. The number of anilines is 1. The van der Waals surface area contributed by atoms with E-state index in [-0.39, 0.29) is 23.5 Å². The van der Waals surface area contributed by atoms with Crippen LogP contribution >= 0.6 is 0 Å². The lowest BCUT2D eigenvalue weighted by Crippen LogP contribution is -2.53. The molecule has 0 radical (unpaired) electrons. The molecule has 2 fully saturated rings.